The largest absolute Gasteiger partial charge is 0.493 e. The normalized spacial score (nSPS) is 13.4. The van der Waals surface area contributed by atoms with Crippen LogP contribution >= 0.6 is 0 Å². The third-order valence-electron chi connectivity index (χ3n) is 5.68. The van der Waals surface area contributed by atoms with Crippen LogP contribution in [0.3, 0.4) is 0 Å². The molecule has 1 aliphatic rings. The Bertz CT molecular complexity index is 1230. The molecular weight excluding hydrogens is 442 g/mol. The van der Waals surface area contributed by atoms with Gasteiger partial charge in [0.2, 0.25) is 5.91 Å². The zero-order valence-corrected chi connectivity index (χ0v) is 18.8. The summed E-state index contributed by atoms with van der Waals surface area (Å²) in [5, 5.41) is 2.48. The fourth-order valence-corrected chi connectivity index (χ4v) is 4.07. The van der Waals surface area contributed by atoms with Crippen LogP contribution in [0.5, 0.6) is 11.5 Å². The Hall–Kier alpha value is -3.94. The standard InChI is InChI=1S/C26H24F2N2O4/c1-3-34-23-11-8-16(12-24(23)33-2)22(30-15-17-6-4-5-7-19(17)26(30)32)14-25(31)29-21-10-9-18(27)13-20(21)28/h4-13,22H,3,14-15H2,1-2H3,(H,29,31)/t22-/m1/s1. The monoisotopic (exact) mass is 466 g/mol. The van der Waals surface area contributed by atoms with Gasteiger partial charge in [-0.05, 0) is 48.4 Å². The van der Waals surface area contributed by atoms with E-state index in [0.717, 1.165) is 17.7 Å². The lowest BCUT2D eigenvalue weighted by Crippen LogP contribution is -2.32. The summed E-state index contributed by atoms with van der Waals surface area (Å²) in [4.78, 5) is 27.7. The Balaban J connectivity index is 1.66. The summed E-state index contributed by atoms with van der Waals surface area (Å²) in [7, 11) is 1.51. The molecule has 2 amide bonds. The van der Waals surface area contributed by atoms with Gasteiger partial charge in [0.15, 0.2) is 11.5 Å². The first kappa shape index (κ1) is 23.2. The zero-order chi connectivity index (χ0) is 24.2. The van der Waals surface area contributed by atoms with Gasteiger partial charge in [-0.2, -0.15) is 0 Å². The Labute approximate surface area is 196 Å². The Kier molecular flexibility index (Phi) is 6.77. The molecule has 0 spiro atoms. The fourth-order valence-electron chi connectivity index (χ4n) is 4.07. The van der Waals surface area contributed by atoms with E-state index >= 15 is 0 Å². The van der Waals surface area contributed by atoms with Crippen LogP contribution in [0, 0.1) is 11.6 Å². The van der Waals surface area contributed by atoms with E-state index in [2.05, 4.69) is 5.32 Å². The highest BCUT2D eigenvalue weighted by atomic mass is 19.1. The van der Waals surface area contributed by atoms with Gasteiger partial charge in [0, 0.05) is 18.2 Å². The third-order valence-corrected chi connectivity index (χ3v) is 5.68. The molecule has 4 rings (SSSR count). The fraction of sp³-hybridized carbons (Fsp3) is 0.231. The molecular formula is C26H24F2N2O4. The SMILES string of the molecule is CCOc1ccc([C@@H](CC(=O)Nc2ccc(F)cc2F)N2Cc3ccccc3C2=O)cc1OC. The quantitative estimate of drug-likeness (QED) is 0.502. The molecule has 8 heteroatoms. The molecule has 0 fully saturated rings. The summed E-state index contributed by atoms with van der Waals surface area (Å²) >= 11 is 0. The van der Waals surface area contributed by atoms with Gasteiger partial charge in [0.05, 0.1) is 31.9 Å². The van der Waals surface area contributed by atoms with Gasteiger partial charge in [0.25, 0.3) is 5.91 Å². The van der Waals surface area contributed by atoms with E-state index in [1.54, 1.807) is 35.2 Å². The number of anilines is 1. The lowest BCUT2D eigenvalue weighted by molar-refractivity contribution is -0.117. The summed E-state index contributed by atoms with van der Waals surface area (Å²) in [5.74, 6) is -1.33. The zero-order valence-electron chi connectivity index (χ0n) is 18.8. The highest BCUT2D eigenvalue weighted by Crippen LogP contribution is 2.37. The number of nitrogens with one attached hydrogen (secondary N) is 1. The summed E-state index contributed by atoms with van der Waals surface area (Å²) in [6, 6.07) is 14.8. The van der Waals surface area contributed by atoms with Gasteiger partial charge in [-0.3, -0.25) is 9.59 Å². The minimum atomic E-state index is -0.878. The van der Waals surface area contributed by atoms with Gasteiger partial charge in [-0.15, -0.1) is 0 Å². The molecule has 0 aromatic heterocycles. The third kappa shape index (κ3) is 4.71. The number of fused-ring (bicyclic) bond motifs is 1. The first-order valence-electron chi connectivity index (χ1n) is 10.9. The number of ether oxygens (including phenoxy) is 2. The van der Waals surface area contributed by atoms with Crippen LogP contribution < -0.4 is 14.8 Å². The van der Waals surface area contributed by atoms with Crippen molar-refractivity contribution in [3.63, 3.8) is 0 Å². The summed E-state index contributed by atoms with van der Waals surface area (Å²) in [5.41, 5.74) is 1.97. The Morgan fingerprint density at radius 1 is 1.09 bits per heavy atom. The van der Waals surface area contributed by atoms with Gasteiger partial charge in [0.1, 0.15) is 11.6 Å². The van der Waals surface area contributed by atoms with Crippen LogP contribution in [0.4, 0.5) is 14.5 Å². The highest BCUT2D eigenvalue weighted by Gasteiger charge is 2.35. The summed E-state index contributed by atoms with van der Waals surface area (Å²) in [6.07, 6.45) is -0.145. The first-order valence-corrected chi connectivity index (χ1v) is 10.9. The number of methoxy groups -OCH3 is 1. The molecule has 34 heavy (non-hydrogen) atoms. The second kappa shape index (κ2) is 9.91. The predicted octanol–water partition coefficient (Wildman–Crippen LogP) is 5.10. The lowest BCUT2D eigenvalue weighted by atomic mass is 10.0. The number of benzene rings is 3. The van der Waals surface area contributed by atoms with Crippen LogP contribution in [0.25, 0.3) is 0 Å². The van der Waals surface area contributed by atoms with E-state index < -0.39 is 23.6 Å². The van der Waals surface area contributed by atoms with Crippen molar-refractivity contribution in [3.05, 3.63) is 89.0 Å². The number of carbonyl (C=O) groups excluding carboxylic acids is 2. The number of hydrogen-bond acceptors (Lipinski definition) is 4. The molecule has 1 N–H and O–H groups in total. The van der Waals surface area contributed by atoms with E-state index in [0.29, 0.717) is 41.8 Å². The molecule has 0 saturated heterocycles. The average molecular weight is 466 g/mol. The molecule has 0 aliphatic carbocycles. The predicted molar refractivity (Wildman–Crippen MR) is 123 cm³/mol. The van der Waals surface area contributed by atoms with Gasteiger partial charge >= 0.3 is 0 Å². The van der Waals surface area contributed by atoms with Crippen molar-refractivity contribution in [3.8, 4) is 11.5 Å². The van der Waals surface area contributed by atoms with E-state index in [-0.39, 0.29) is 18.0 Å². The first-order chi connectivity index (χ1) is 16.4. The highest BCUT2D eigenvalue weighted by molar-refractivity contribution is 5.99. The minimum Gasteiger partial charge on any atom is -0.493 e. The van der Waals surface area contributed by atoms with Crippen LogP contribution in [0.1, 0.15) is 40.9 Å². The van der Waals surface area contributed by atoms with Gasteiger partial charge in [-0.1, -0.05) is 24.3 Å². The molecule has 176 valence electrons. The van der Waals surface area contributed by atoms with Gasteiger partial charge < -0.3 is 19.7 Å². The molecule has 0 bridgehead atoms. The van der Waals surface area contributed by atoms with Crippen molar-refractivity contribution in [1.29, 1.82) is 0 Å². The van der Waals surface area contributed by atoms with Gasteiger partial charge in [-0.25, -0.2) is 8.78 Å². The Morgan fingerprint density at radius 3 is 2.59 bits per heavy atom. The maximum Gasteiger partial charge on any atom is 0.255 e. The molecule has 0 unspecified atom stereocenters. The van der Waals surface area contributed by atoms with Crippen LogP contribution in [0.15, 0.2) is 60.7 Å². The van der Waals surface area contributed by atoms with Crippen molar-refractivity contribution in [2.45, 2.75) is 25.9 Å². The lowest BCUT2D eigenvalue weighted by Gasteiger charge is -2.28. The van der Waals surface area contributed by atoms with Crippen molar-refractivity contribution in [2.75, 3.05) is 19.0 Å². The van der Waals surface area contributed by atoms with Crippen molar-refractivity contribution in [2.24, 2.45) is 0 Å². The van der Waals surface area contributed by atoms with Crippen LogP contribution in [0.2, 0.25) is 0 Å². The molecule has 6 nitrogen and oxygen atoms in total. The minimum absolute atomic E-state index is 0.134. The average Bonchev–Trinajstić information content (AvgIpc) is 3.16. The molecule has 3 aromatic rings. The molecule has 3 aromatic carbocycles. The summed E-state index contributed by atoms with van der Waals surface area (Å²) < 4.78 is 38.4. The summed E-state index contributed by atoms with van der Waals surface area (Å²) in [6.45, 7) is 2.63. The number of nitrogens with zero attached hydrogens (tertiary/aromatic N) is 1. The topological polar surface area (TPSA) is 67.9 Å². The second-order valence-corrected chi connectivity index (χ2v) is 7.83. The Morgan fingerprint density at radius 2 is 1.88 bits per heavy atom. The van der Waals surface area contributed by atoms with Crippen LogP contribution in [-0.2, 0) is 11.3 Å². The smallest absolute Gasteiger partial charge is 0.255 e. The number of halogens is 2. The molecule has 1 heterocycles. The maximum atomic E-state index is 14.1. The molecule has 0 radical (unpaired) electrons. The van der Waals surface area contributed by atoms with E-state index in [1.165, 1.54) is 7.11 Å². The number of carbonyl (C=O) groups is 2. The van der Waals surface area contributed by atoms with E-state index in [4.69, 9.17) is 9.47 Å². The van der Waals surface area contributed by atoms with E-state index in [1.807, 2.05) is 19.1 Å². The van der Waals surface area contributed by atoms with Crippen LogP contribution in [-0.4, -0.2) is 30.4 Å². The molecule has 1 atom stereocenters. The molecule has 1 aliphatic heterocycles. The van der Waals surface area contributed by atoms with Crippen molar-refractivity contribution < 1.29 is 27.8 Å². The molecule has 0 saturated carbocycles. The number of hydrogen-bond donors (Lipinski definition) is 1. The van der Waals surface area contributed by atoms with E-state index in [9.17, 15) is 18.4 Å². The van der Waals surface area contributed by atoms with Crippen molar-refractivity contribution >= 4 is 17.5 Å². The second-order valence-electron chi connectivity index (χ2n) is 7.83. The maximum absolute atomic E-state index is 14.1. The van der Waals surface area contributed by atoms with Crippen molar-refractivity contribution in [1.82, 2.24) is 4.90 Å². The number of amides is 2. The number of rotatable bonds is 8.